The molecule has 2 fully saturated rings. The Morgan fingerprint density at radius 2 is 2.19 bits per heavy atom. The van der Waals surface area contributed by atoms with Crippen molar-refractivity contribution in [1.29, 1.82) is 0 Å². The summed E-state index contributed by atoms with van der Waals surface area (Å²) in [6.07, 6.45) is 3.60. The van der Waals surface area contributed by atoms with E-state index in [1.54, 1.807) is 7.11 Å². The van der Waals surface area contributed by atoms with Gasteiger partial charge in [0.05, 0.1) is 12.8 Å². The molecule has 1 aromatic rings. The first-order chi connectivity index (χ1) is 12.6. The lowest BCUT2D eigenvalue weighted by Crippen LogP contribution is -2.48. The minimum atomic E-state index is 0.353. The van der Waals surface area contributed by atoms with Gasteiger partial charge in [0.25, 0.3) is 0 Å². The van der Waals surface area contributed by atoms with Crippen molar-refractivity contribution in [2.75, 3.05) is 52.3 Å². The Labute approximate surface area is 161 Å². The highest BCUT2D eigenvalue weighted by Gasteiger charge is 2.26. The number of benzene rings is 1. The van der Waals surface area contributed by atoms with Gasteiger partial charge in [-0.1, -0.05) is 11.6 Å². The fraction of sp³-hybridized carbons (Fsp3) is 0.632. The summed E-state index contributed by atoms with van der Waals surface area (Å²) in [5, 5.41) is 7.78. The minimum absolute atomic E-state index is 0.353. The highest BCUT2D eigenvalue weighted by molar-refractivity contribution is 6.30. The smallest absolute Gasteiger partial charge is 0.191 e. The van der Waals surface area contributed by atoms with Crippen LogP contribution in [0.5, 0.6) is 5.75 Å². The minimum Gasteiger partial charge on any atom is -0.495 e. The predicted octanol–water partition coefficient (Wildman–Crippen LogP) is 2.19. The van der Waals surface area contributed by atoms with E-state index in [-0.39, 0.29) is 0 Å². The fourth-order valence-electron chi connectivity index (χ4n) is 3.85. The molecule has 2 unspecified atom stereocenters. The Morgan fingerprint density at radius 3 is 2.88 bits per heavy atom. The van der Waals surface area contributed by atoms with E-state index >= 15 is 0 Å². The Bertz CT molecular complexity index is 638. The van der Waals surface area contributed by atoms with Gasteiger partial charge >= 0.3 is 0 Å². The molecule has 2 heterocycles. The van der Waals surface area contributed by atoms with E-state index in [0.717, 1.165) is 48.5 Å². The van der Waals surface area contributed by atoms with Crippen molar-refractivity contribution in [3.63, 3.8) is 0 Å². The lowest BCUT2D eigenvalue weighted by atomic mass is 10.2. The molecule has 2 atom stereocenters. The summed E-state index contributed by atoms with van der Waals surface area (Å²) in [5.74, 6) is 1.75. The van der Waals surface area contributed by atoms with E-state index in [2.05, 4.69) is 32.5 Å². The van der Waals surface area contributed by atoms with Crippen molar-refractivity contribution in [2.24, 2.45) is 4.99 Å². The van der Waals surface area contributed by atoms with Crippen LogP contribution in [0.2, 0.25) is 5.02 Å². The predicted molar refractivity (Wildman–Crippen MR) is 109 cm³/mol. The molecule has 2 aliphatic rings. The third-order valence-electron chi connectivity index (χ3n) is 5.41. The van der Waals surface area contributed by atoms with E-state index in [1.165, 1.54) is 19.4 Å². The Balaban J connectivity index is 1.54. The second kappa shape index (κ2) is 8.82. The summed E-state index contributed by atoms with van der Waals surface area (Å²) in [4.78, 5) is 9.13. The van der Waals surface area contributed by atoms with E-state index in [0.29, 0.717) is 12.1 Å². The molecule has 0 saturated carbocycles. The maximum Gasteiger partial charge on any atom is 0.191 e. The summed E-state index contributed by atoms with van der Waals surface area (Å²) < 4.78 is 5.49. The number of rotatable bonds is 5. The second-order valence-electron chi connectivity index (χ2n) is 7.12. The van der Waals surface area contributed by atoms with Crippen LogP contribution in [0.4, 0.5) is 5.69 Å². The number of nitrogens with zero attached hydrogens (tertiary/aromatic N) is 3. The highest BCUT2D eigenvalue weighted by atomic mass is 35.5. The normalized spacial score (nSPS) is 24.2. The molecule has 0 bridgehead atoms. The first kappa shape index (κ1) is 19.1. The number of ether oxygens (including phenoxy) is 1. The van der Waals surface area contributed by atoms with Gasteiger partial charge < -0.3 is 25.2 Å². The number of nitrogens with one attached hydrogen (secondary N) is 2. The van der Waals surface area contributed by atoms with Crippen LogP contribution in [0.1, 0.15) is 19.3 Å². The van der Waals surface area contributed by atoms with Gasteiger partial charge in [-0.15, -0.1) is 0 Å². The largest absolute Gasteiger partial charge is 0.495 e. The summed E-state index contributed by atoms with van der Waals surface area (Å²) in [7, 11) is 5.73. The van der Waals surface area contributed by atoms with Crippen LogP contribution in [-0.2, 0) is 0 Å². The fourth-order valence-corrected chi connectivity index (χ4v) is 4.01. The number of aliphatic imine (C=N–C) groups is 1. The van der Waals surface area contributed by atoms with Gasteiger partial charge in [-0.3, -0.25) is 4.99 Å². The summed E-state index contributed by atoms with van der Waals surface area (Å²) in [6, 6.07) is 6.72. The second-order valence-corrected chi connectivity index (χ2v) is 7.56. The van der Waals surface area contributed by atoms with Gasteiger partial charge in [0.2, 0.25) is 0 Å². The zero-order chi connectivity index (χ0) is 18.5. The number of hydrogen-bond donors (Lipinski definition) is 2. The van der Waals surface area contributed by atoms with Crippen molar-refractivity contribution in [1.82, 2.24) is 15.5 Å². The van der Waals surface area contributed by atoms with Gasteiger partial charge in [-0.05, 0) is 51.1 Å². The number of likely N-dealkylation sites (tertiary alicyclic amines) is 1. The molecule has 0 aromatic heterocycles. The quantitative estimate of drug-likeness (QED) is 0.606. The van der Waals surface area contributed by atoms with Crippen LogP contribution in [0, 0.1) is 0 Å². The number of anilines is 1. The van der Waals surface area contributed by atoms with Crippen LogP contribution in [0.3, 0.4) is 0 Å². The lowest BCUT2D eigenvalue weighted by molar-refractivity contribution is 0.309. The third-order valence-corrected chi connectivity index (χ3v) is 5.65. The van der Waals surface area contributed by atoms with Crippen LogP contribution in [0.25, 0.3) is 0 Å². The molecular formula is C19H30ClN5O. The van der Waals surface area contributed by atoms with E-state index < -0.39 is 0 Å². The van der Waals surface area contributed by atoms with Gasteiger partial charge in [0, 0.05) is 43.8 Å². The molecule has 2 N–H and O–H groups in total. The number of methoxy groups -OCH3 is 1. The molecule has 2 saturated heterocycles. The summed E-state index contributed by atoms with van der Waals surface area (Å²) >= 11 is 6.18. The Hall–Kier alpha value is -1.66. The zero-order valence-corrected chi connectivity index (χ0v) is 16.7. The van der Waals surface area contributed by atoms with Crippen molar-refractivity contribution in [3.8, 4) is 5.75 Å². The Kier molecular flexibility index (Phi) is 6.48. The van der Waals surface area contributed by atoms with Crippen molar-refractivity contribution < 1.29 is 4.74 Å². The van der Waals surface area contributed by atoms with Crippen molar-refractivity contribution >= 4 is 23.2 Å². The number of guanidine groups is 1. The molecule has 2 aliphatic heterocycles. The number of likely N-dealkylation sites (N-methyl/N-ethyl adjacent to an activating group) is 1. The molecule has 6 nitrogen and oxygen atoms in total. The molecule has 7 heteroatoms. The summed E-state index contributed by atoms with van der Waals surface area (Å²) in [5.41, 5.74) is 1.06. The van der Waals surface area contributed by atoms with Gasteiger partial charge in [-0.2, -0.15) is 0 Å². The summed E-state index contributed by atoms with van der Waals surface area (Å²) in [6.45, 7) is 4.00. The molecule has 1 aromatic carbocycles. The maximum absolute atomic E-state index is 6.18. The number of hydrogen-bond acceptors (Lipinski definition) is 4. The molecule has 26 heavy (non-hydrogen) atoms. The molecule has 144 valence electrons. The maximum atomic E-state index is 6.18. The molecule has 0 amide bonds. The first-order valence-corrected chi connectivity index (χ1v) is 9.74. The van der Waals surface area contributed by atoms with Gasteiger partial charge in [0.15, 0.2) is 5.96 Å². The topological polar surface area (TPSA) is 52.1 Å². The molecule has 0 spiro atoms. The molecule has 0 aliphatic carbocycles. The SMILES string of the molecule is CN=C(NCC1CCCN1C)NC1CCN(c2cc(Cl)ccc2OC)C1. The third kappa shape index (κ3) is 4.54. The molecule has 0 radical (unpaired) electrons. The average Bonchev–Trinajstić information content (AvgIpc) is 3.27. The Morgan fingerprint density at radius 1 is 1.35 bits per heavy atom. The van der Waals surface area contributed by atoms with Gasteiger partial charge in [0.1, 0.15) is 5.75 Å². The van der Waals surface area contributed by atoms with Crippen molar-refractivity contribution in [2.45, 2.75) is 31.3 Å². The van der Waals surface area contributed by atoms with E-state index in [1.807, 2.05) is 25.2 Å². The molecular weight excluding hydrogens is 350 g/mol. The average molecular weight is 380 g/mol. The molecule has 3 rings (SSSR count). The standard InChI is InChI=1S/C19H30ClN5O/c1-21-19(22-12-16-5-4-9-24(16)2)23-15-8-10-25(13-15)17-11-14(20)6-7-18(17)26-3/h6-7,11,15-16H,4-5,8-10,12-13H2,1-3H3,(H2,21,22,23). The van der Waals surface area contributed by atoms with Crippen LogP contribution >= 0.6 is 11.6 Å². The van der Waals surface area contributed by atoms with Crippen LogP contribution in [0.15, 0.2) is 23.2 Å². The first-order valence-electron chi connectivity index (χ1n) is 9.36. The van der Waals surface area contributed by atoms with Gasteiger partial charge in [-0.25, -0.2) is 0 Å². The highest BCUT2D eigenvalue weighted by Crippen LogP contribution is 2.33. The van der Waals surface area contributed by atoms with Crippen molar-refractivity contribution in [3.05, 3.63) is 23.2 Å². The number of halogens is 1. The van der Waals surface area contributed by atoms with Crippen LogP contribution < -0.4 is 20.3 Å². The van der Waals surface area contributed by atoms with E-state index in [9.17, 15) is 0 Å². The lowest BCUT2D eigenvalue weighted by Gasteiger charge is -2.24. The van der Waals surface area contributed by atoms with E-state index in [4.69, 9.17) is 16.3 Å². The zero-order valence-electron chi connectivity index (χ0n) is 16.0. The monoisotopic (exact) mass is 379 g/mol. The van der Waals surface area contributed by atoms with Crippen LogP contribution in [-0.4, -0.2) is 70.3 Å².